The topological polar surface area (TPSA) is 98.8 Å². The lowest BCUT2D eigenvalue weighted by atomic mass is 9.70. The van der Waals surface area contributed by atoms with Crippen LogP contribution in [0, 0.1) is 17.8 Å². The van der Waals surface area contributed by atoms with Crippen LogP contribution in [0.2, 0.25) is 0 Å². The molecule has 0 radical (unpaired) electrons. The Balaban J connectivity index is 1.94. The van der Waals surface area contributed by atoms with E-state index in [2.05, 4.69) is 5.32 Å². The molecule has 0 aromatic rings. The highest BCUT2D eigenvalue weighted by molar-refractivity contribution is 6.10. The van der Waals surface area contributed by atoms with Gasteiger partial charge in [-0.15, -0.1) is 0 Å². The van der Waals surface area contributed by atoms with Gasteiger partial charge in [0.15, 0.2) is 0 Å². The van der Waals surface area contributed by atoms with Crippen LogP contribution < -0.4 is 5.32 Å². The van der Waals surface area contributed by atoms with Gasteiger partial charge in [-0.2, -0.15) is 0 Å². The fourth-order valence-corrected chi connectivity index (χ4v) is 2.93. The van der Waals surface area contributed by atoms with Gasteiger partial charge in [0.1, 0.15) is 6.10 Å². The summed E-state index contributed by atoms with van der Waals surface area (Å²) in [5, 5.41) is 2.19. The number of hydrogen-bond acceptors (Lipinski definition) is 6. The summed E-state index contributed by atoms with van der Waals surface area (Å²) in [6, 6.07) is 0. The van der Waals surface area contributed by atoms with E-state index in [4.69, 9.17) is 9.47 Å². The molecule has 106 valence electrons. The zero-order valence-corrected chi connectivity index (χ0v) is 10.8. The number of ether oxygens (including phenoxy) is 2. The van der Waals surface area contributed by atoms with Gasteiger partial charge >= 0.3 is 11.9 Å². The molecule has 2 bridgehead atoms. The van der Waals surface area contributed by atoms with Crippen LogP contribution in [0.4, 0.5) is 0 Å². The highest BCUT2D eigenvalue weighted by Crippen LogP contribution is 2.44. The van der Waals surface area contributed by atoms with Crippen LogP contribution in [0.15, 0.2) is 11.6 Å². The Morgan fingerprint density at radius 1 is 1.30 bits per heavy atom. The van der Waals surface area contributed by atoms with Gasteiger partial charge in [-0.25, -0.2) is 4.79 Å². The quantitative estimate of drug-likeness (QED) is 0.542. The van der Waals surface area contributed by atoms with Gasteiger partial charge in [0.2, 0.25) is 11.8 Å². The van der Waals surface area contributed by atoms with E-state index in [1.165, 1.54) is 6.08 Å². The fraction of sp³-hybridized carbons (Fsp3) is 0.538. The van der Waals surface area contributed by atoms with Crippen molar-refractivity contribution in [3.8, 4) is 0 Å². The molecule has 0 aromatic heterocycles. The number of carbonyl (C=O) groups is 4. The van der Waals surface area contributed by atoms with Gasteiger partial charge in [-0.3, -0.25) is 19.7 Å². The molecule has 3 heterocycles. The van der Waals surface area contributed by atoms with Crippen molar-refractivity contribution in [3.05, 3.63) is 11.6 Å². The van der Waals surface area contributed by atoms with Crippen molar-refractivity contribution in [2.24, 2.45) is 17.8 Å². The monoisotopic (exact) mass is 279 g/mol. The Morgan fingerprint density at radius 2 is 2.00 bits per heavy atom. The molecule has 4 rings (SSSR count). The summed E-state index contributed by atoms with van der Waals surface area (Å²) in [6.45, 7) is 2.11. The number of rotatable bonds is 3. The van der Waals surface area contributed by atoms with E-state index in [1.807, 2.05) is 6.92 Å². The molecule has 0 aromatic carbocycles. The third-order valence-corrected chi connectivity index (χ3v) is 3.81. The molecule has 4 aliphatic rings. The molecule has 20 heavy (non-hydrogen) atoms. The normalized spacial score (nSPS) is 34.2. The first-order valence-corrected chi connectivity index (χ1v) is 6.48. The number of carbonyl (C=O) groups excluding carboxylic acids is 4. The number of hydrogen-bond donors (Lipinski definition) is 1. The van der Waals surface area contributed by atoms with E-state index in [0.29, 0.717) is 6.42 Å². The molecule has 4 atom stereocenters. The number of nitrogens with one attached hydrogen (secondary N) is 1. The predicted molar refractivity (Wildman–Crippen MR) is 62.8 cm³/mol. The van der Waals surface area contributed by atoms with E-state index in [0.717, 1.165) is 0 Å². The third-order valence-electron chi connectivity index (χ3n) is 3.81. The number of esters is 2. The standard InChI is InChI=1S/C13H13NO6/c1-2-3-19-12(17)6-4-5-7-8(9(6)20-13(5)18)11(16)14-10(7)15/h4-5,7-9H,2-3H2,1H3,(H,14,15,16)/t5-,7+,8+,9+/m0/s1. The van der Waals surface area contributed by atoms with E-state index in [1.54, 1.807) is 0 Å². The minimum Gasteiger partial charge on any atom is -0.462 e. The number of fused-ring (bicyclic) bond motifs is 1. The Bertz CT molecular complexity index is 551. The third kappa shape index (κ3) is 1.65. The van der Waals surface area contributed by atoms with E-state index in [9.17, 15) is 19.2 Å². The van der Waals surface area contributed by atoms with Crippen molar-refractivity contribution in [1.29, 1.82) is 0 Å². The number of amides is 2. The second kappa shape index (κ2) is 4.43. The molecule has 0 saturated carbocycles. The summed E-state index contributed by atoms with van der Waals surface area (Å²) < 4.78 is 10.1. The van der Waals surface area contributed by atoms with Crippen molar-refractivity contribution in [1.82, 2.24) is 5.32 Å². The van der Waals surface area contributed by atoms with Crippen LogP contribution >= 0.6 is 0 Å². The maximum absolute atomic E-state index is 11.9. The van der Waals surface area contributed by atoms with Gasteiger partial charge in [0.05, 0.1) is 29.9 Å². The Hall–Kier alpha value is -2.18. The summed E-state index contributed by atoms with van der Waals surface area (Å²) in [7, 11) is 0. The molecular weight excluding hydrogens is 266 g/mol. The van der Waals surface area contributed by atoms with Crippen molar-refractivity contribution in [3.63, 3.8) is 0 Å². The van der Waals surface area contributed by atoms with Crippen LogP contribution in [0.3, 0.4) is 0 Å². The van der Waals surface area contributed by atoms with Gasteiger partial charge < -0.3 is 9.47 Å². The second-order valence-electron chi connectivity index (χ2n) is 5.05. The lowest BCUT2D eigenvalue weighted by molar-refractivity contribution is -0.172. The Labute approximate surface area is 114 Å². The average molecular weight is 279 g/mol. The van der Waals surface area contributed by atoms with Crippen LogP contribution in [0.1, 0.15) is 13.3 Å². The average Bonchev–Trinajstić information content (AvgIpc) is 2.73. The SMILES string of the molecule is CCCOC(=O)C1=C[C@@H]2C(=O)O[C@H]1[C@@H]1C(=O)NC(=O)[C@@H]12. The molecule has 0 unspecified atom stereocenters. The van der Waals surface area contributed by atoms with Gasteiger partial charge in [-0.1, -0.05) is 13.0 Å². The van der Waals surface area contributed by atoms with Crippen molar-refractivity contribution < 1.29 is 28.7 Å². The molecule has 1 aliphatic carbocycles. The molecule has 2 fully saturated rings. The first-order chi connectivity index (χ1) is 9.54. The van der Waals surface area contributed by atoms with Gasteiger partial charge in [0, 0.05) is 0 Å². The highest BCUT2D eigenvalue weighted by Gasteiger charge is 2.61. The summed E-state index contributed by atoms with van der Waals surface area (Å²) in [5.74, 6) is -4.63. The number of imide groups is 1. The van der Waals surface area contributed by atoms with E-state index in [-0.39, 0.29) is 12.2 Å². The van der Waals surface area contributed by atoms with Crippen LogP contribution in [0.25, 0.3) is 0 Å². The largest absolute Gasteiger partial charge is 0.462 e. The van der Waals surface area contributed by atoms with Gasteiger partial charge in [-0.05, 0) is 6.42 Å². The minimum atomic E-state index is -1.02. The molecule has 2 amide bonds. The first kappa shape index (κ1) is 12.8. The van der Waals surface area contributed by atoms with Crippen molar-refractivity contribution in [2.45, 2.75) is 19.4 Å². The van der Waals surface area contributed by atoms with Crippen LogP contribution in [-0.4, -0.2) is 36.5 Å². The maximum atomic E-state index is 11.9. The molecule has 0 spiro atoms. The summed E-state index contributed by atoms with van der Waals surface area (Å²) in [6.07, 6.45) is 1.06. The van der Waals surface area contributed by atoms with Crippen molar-refractivity contribution >= 4 is 23.8 Å². The Morgan fingerprint density at radius 3 is 2.70 bits per heavy atom. The van der Waals surface area contributed by atoms with Crippen LogP contribution in [0.5, 0.6) is 0 Å². The maximum Gasteiger partial charge on any atom is 0.337 e. The zero-order chi connectivity index (χ0) is 14.4. The molecule has 1 N–H and O–H groups in total. The van der Waals surface area contributed by atoms with E-state index < -0.39 is 47.6 Å². The minimum absolute atomic E-state index is 0.161. The predicted octanol–water partition coefficient (Wildman–Crippen LogP) is -0.690. The Kier molecular flexibility index (Phi) is 2.84. The van der Waals surface area contributed by atoms with E-state index >= 15 is 0 Å². The first-order valence-electron chi connectivity index (χ1n) is 6.48. The fourth-order valence-electron chi connectivity index (χ4n) is 2.93. The molecule has 7 heteroatoms. The molecular formula is C13H13NO6. The van der Waals surface area contributed by atoms with Gasteiger partial charge in [0.25, 0.3) is 0 Å². The molecule has 3 aliphatic heterocycles. The zero-order valence-electron chi connectivity index (χ0n) is 10.8. The second-order valence-corrected chi connectivity index (χ2v) is 5.05. The van der Waals surface area contributed by atoms with Crippen LogP contribution in [-0.2, 0) is 28.7 Å². The van der Waals surface area contributed by atoms with Crippen molar-refractivity contribution in [2.75, 3.05) is 6.61 Å². The lowest BCUT2D eigenvalue weighted by Crippen LogP contribution is -2.52. The highest BCUT2D eigenvalue weighted by atomic mass is 16.6. The molecule has 7 nitrogen and oxygen atoms in total. The summed E-state index contributed by atoms with van der Waals surface area (Å²) in [4.78, 5) is 47.2. The summed E-state index contributed by atoms with van der Waals surface area (Å²) in [5.41, 5.74) is 0.161. The molecule has 2 saturated heterocycles. The lowest BCUT2D eigenvalue weighted by Gasteiger charge is -2.39. The smallest absolute Gasteiger partial charge is 0.337 e. The summed E-state index contributed by atoms with van der Waals surface area (Å²) >= 11 is 0.